The van der Waals surface area contributed by atoms with Crippen molar-refractivity contribution in [2.75, 3.05) is 0 Å². The lowest BCUT2D eigenvalue weighted by molar-refractivity contribution is 0.970. The number of H-pyrrole nitrogens is 1. The summed E-state index contributed by atoms with van der Waals surface area (Å²) in [7, 11) is 0. The fourth-order valence-corrected chi connectivity index (χ4v) is 0.587. The lowest BCUT2D eigenvalue weighted by Gasteiger charge is -1.89. The molecule has 4 heteroatoms. The van der Waals surface area contributed by atoms with Crippen LogP contribution in [0.25, 0.3) is 0 Å². The van der Waals surface area contributed by atoms with E-state index < -0.39 is 5.92 Å². The first-order chi connectivity index (χ1) is 4.88. The van der Waals surface area contributed by atoms with Gasteiger partial charge in [-0.2, -0.15) is 10.5 Å². The monoisotopic (exact) mass is 132 g/mol. The lowest BCUT2D eigenvalue weighted by Crippen LogP contribution is -1.93. The summed E-state index contributed by atoms with van der Waals surface area (Å²) in [6.45, 7) is 0. The Kier molecular flexibility index (Phi) is 1.67. The van der Waals surface area contributed by atoms with E-state index in [1.165, 1.54) is 6.20 Å². The molecule has 1 aromatic heterocycles. The number of hydrogen-bond acceptors (Lipinski definition) is 3. The van der Waals surface area contributed by atoms with Gasteiger partial charge in [-0.05, 0) is 0 Å². The van der Waals surface area contributed by atoms with Crippen LogP contribution in [0.15, 0.2) is 12.4 Å². The maximum Gasteiger partial charge on any atom is 0.190 e. The van der Waals surface area contributed by atoms with Gasteiger partial charge < -0.3 is 4.98 Å². The number of aromatic nitrogens is 2. The van der Waals surface area contributed by atoms with Gasteiger partial charge in [0.2, 0.25) is 0 Å². The number of nitriles is 2. The lowest BCUT2D eigenvalue weighted by atomic mass is 10.2. The Labute approximate surface area is 57.7 Å². The van der Waals surface area contributed by atoms with Crippen LogP contribution in [-0.4, -0.2) is 9.97 Å². The number of hydrogen-bond donors (Lipinski definition) is 1. The summed E-state index contributed by atoms with van der Waals surface area (Å²) in [5.74, 6) is -0.361. The Morgan fingerprint density at radius 1 is 1.50 bits per heavy atom. The molecule has 0 saturated heterocycles. The normalized spacial score (nSPS) is 8.70. The first-order valence-electron chi connectivity index (χ1n) is 2.67. The van der Waals surface area contributed by atoms with Gasteiger partial charge in [-0.1, -0.05) is 0 Å². The standard InChI is InChI=1S/C6H4N4/c7-3-5(4-8)6-9-1-2-10-6/h1-2,5H,(H,9,10). The molecule has 1 aromatic rings. The van der Waals surface area contributed by atoms with Crippen molar-refractivity contribution in [3.8, 4) is 12.1 Å². The molecule has 1 N–H and O–H groups in total. The molecule has 1 rings (SSSR count). The van der Waals surface area contributed by atoms with Crippen LogP contribution in [-0.2, 0) is 0 Å². The van der Waals surface area contributed by atoms with Crippen LogP contribution in [0.2, 0.25) is 0 Å². The molecule has 0 spiro atoms. The molecule has 0 aromatic carbocycles. The highest BCUT2D eigenvalue weighted by molar-refractivity contribution is 5.18. The molecule has 0 saturated carbocycles. The third-order valence-electron chi connectivity index (χ3n) is 1.05. The molecule has 0 atom stereocenters. The predicted molar refractivity (Wildman–Crippen MR) is 32.6 cm³/mol. The van der Waals surface area contributed by atoms with E-state index in [9.17, 15) is 0 Å². The highest BCUT2D eigenvalue weighted by Crippen LogP contribution is 2.05. The smallest absolute Gasteiger partial charge is 0.190 e. The van der Waals surface area contributed by atoms with Crippen LogP contribution in [0.1, 0.15) is 11.7 Å². The molecule has 0 amide bonds. The van der Waals surface area contributed by atoms with Gasteiger partial charge in [-0.3, -0.25) is 0 Å². The van der Waals surface area contributed by atoms with E-state index in [2.05, 4.69) is 9.97 Å². The minimum atomic E-state index is -0.769. The van der Waals surface area contributed by atoms with Gasteiger partial charge in [0.15, 0.2) is 5.92 Å². The Morgan fingerprint density at radius 3 is 2.60 bits per heavy atom. The van der Waals surface area contributed by atoms with E-state index in [4.69, 9.17) is 10.5 Å². The quantitative estimate of drug-likeness (QED) is 0.605. The van der Waals surface area contributed by atoms with E-state index in [1.807, 2.05) is 0 Å². The topological polar surface area (TPSA) is 76.3 Å². The molecule has 4 nitrogen and oxygen atoms in total. The summed E-state index contributed by atoms with van der Waals surface area (Å²) in [5, 5.41) is 16.7. The molecule has 10 heavy (non-hydrogen) atoms. The van der Waals surface area contributed by atoms with Crippen LogP contribution < -0.4 is 0 Å². The summed E-state index contributed by atoms with van der Waals surface area (Å²) in [4.78, 5) is 6.44. The maximum absolute atomic E-state index is 8.37. The highest BCUT2D eigenvalue weighted by Gasteiger charge is 2.09. The summed E-state index contributed by atoms with van der Waals surface area (Å²) in [5.41, 5.74) is 0. The van der Waals surface area contributed by atoms with Crippen molar-refractivity contribution in [2.24, 2.45) is 0 Å². The second-order valence-electron chi connectivity index (χ2n) is 1.67. The Morgan fingerprint density at radius 2 is 2.20 bits per heavy atom. The minimum absolute atomic E-state index is 0.407. The zero-order valence-electron chi connectivity index (χ0n) is 5.07. The van der Waals surface area contributed by atoms with Crippen molar-refractivity contribution in [3.05, 3.63) is 18.2 Å². The van der Waals surface area contributed by atoms with Gasteiger partial charge in [-0.25, -0.2) is 4.98 Å². The average molecular weight is 132 g/mol. The van der Waals surface area contributed by atoms with Crippen molar-refractivity contribution in [1.82, 2.24) is 9.97 Å². The molecule has 0 aliphatic heterocycles. The molecule has 0 bridgehead atoms. The number of imidazole rings is 1. The zero-order valence-corrected chi connectivity index (χ0v) is 5.07. The number of nitrogens with zero attached hydrogens (tertiary/aromatic N) is 3. The van der Waals surface area contributed by atoms with Gasteiger partial charge in [0, 0.05) is 12.4 Å². The first kappa shape index (κ1) is 6.31. The highest BCUT2D eigenvalue weighted by atomic mass is 14.9. The molecule has 0 fully saturated rings. The van der Waals surface area contributed by atoms with Crippen molar-refractivity contribution < 1.29 is 0 Å². The molecule has 1 heterocycles. The van der Waals surface area contributed by atoms with Gasteiger partial charge in [0.25, 0.3) is 0 Å². The van der Waals surface area contributed by atoms with Crippen LogP contribution >= 0.6 is 0 Å². The van der Waals surface area contributed by atoms with Crippen molar-refractivity contribution in [3.63, 3.8) is 0 Å². The fourth-order valence-electron chi connectivity index (χ4n) is 0.587. The summed E-state index contributed by atoms with van der Waals surface area (Å²) < 4.78 is 0. The first-order valence-corrected chi connectivity index (χ1v) is 2.67. The molecular formula is C6H4N4. The van der Waals surface area contributed by atoms with Gasteiger partial charge in [-0.15, -0.1) is 0 Å². The average Bonchev–Trinajstić information content (AvgIpc) is 2.43. The minimum Gasteiger partial charge on any atom is -0.347 e. The summed E-state index contributed by atoms with van der Waals surface area (Å²) in [6.07, 6.45) is 3.09. The maximum atomic E-state index is 8.37. The Bertz CT molecular complexity index is 260. The van der Waals surface area contributed by atoms with E-state index in [0.29, 0.717) is 5.82 Å². The van der Waals surface area contributed by atoms with Crippen LogP contribution in [0.3, 0.4) is 0 Å². The summed E-state index contributed by atoms with van der Waals surface area (Å²) in [6, 6.07) is 3.60. The second-order valence-corrected chi connectivity index (χ2v) is 1.67. The largest absolute Gasteiger partial charge is 0.347 e. The third-order valence-corrected chi connectivity index (χ3v) is 1.05. The van der Waals surface area contributed by atoms with Crippen LogP contribution in [0, 0.1) is 22.7 Å². The van der Waals surface area contributed by atoms with Crippen molar-refractivity contribution in [2.45, 2.75) is 5.92 Å². The Hall–Kier alpha value is -1.81. The Balaban J connectivity index is 2.89. The SMILES string of the molecule is N#CC(C#N)c1ncc[nH]1. The fraction of sp³-hybridized carbons (Fsp3) is 0.167. The van der Waals surface area contributed by atoms with Gasteiger partial charge >= 0.3 is 0 Å². The van der Waals surface area contributed by atoms with E-state index >= 15 is 0 Å². The van der Waals surface area contributed by atoms with Gasteiger partial charge in [0.05, 0.1) is 12.1 Å². The third kappa shape index (κ3) is 0.958. The second kappa shape index (κ2) is 2.65. The van der Waals surface area contributed by atoms with E-state index in [0.717, 1.165) is 0 Å². The van der Waals surface area contributed by atoms with E-state index in [-0.39, 0.29) is 0 Å². The zero-order chi connectivity index (χ0) is 7.40. The van der Waals surface area contributed by atoms with Crippen molar-refractivity contribution >= 4 is 0 Å². The molecule has 0 aliphatic rings. The number of rotatable bonds is 1. The molecule has 48 valence electrons. The predicted octanol–water partition coefficient (Wildman–Crippen LogP) is 0.540. The van der Waals surface area contributed by atoms with Crippen molar-refractivity contribution in [1.29, 1.82) is 10.5 Å². The molecule has 0 unspecified atom stereocenters. The number of nitrogens with one attached hydrogen (secondary N) is 1. The van der Waals surface area contributed by atoms with Crippen LogP contribution in [0.5, 0.6) is 0 Å². The van der Waals surface area contributed by atoms with E-state index in [1.54, 1.807) is 18.3 Å². The summed E-state index contributed by atoms with van der Waals surface area (Å²) >= 11 is 0. The molecule has 0 radical (unpaired) electrons. The molecular weight excluding hydrogens is 128 g/mol. The van der Waals surface area contributed by atoms with Crippen LogP contribution in [0.4, 0.5) is 0 Å². The van der Waals surface area contributed by atoms with Gasteiger partial charge in [0.1, 0.15) is 5.82 Å². The molecule has 0 aliphatic carbocycles. The number of aromatic amines is 1.